The third-order valence-electron chi connectivity index (χ3n) is 6.73. The van der Waals surface area contributed by atoms with Crippen molar-refractivity contribution in [2.75, 3.05) is 13.2 Å². The highest BCUT2D eigenvalue weighted by Crippen LogP contribution is 2.44. The Kier molecular flexibility index (Phi) is 7.63. The van der Waals surface area contributed by atoms with Crippen LogP contribution < -0.4 is 10.6 Å². The average Bonchev–Trinajstić information content (AvgIpc) is 3.12. The topological polar surface area (TPSA) is 105 Å². The second-order valence-electron chi connectivity index (χ2n) is 9.20. The van der Waals surface area contributed by atoms with Crippen LogP contribution in [0.3, 0.4) is 0 Å². The van der Waals surface area contributed by atoms with Crippen molar-refractivity contribution in [2.45, 2.75) is 44.1 Å². The third-order valence-corrected chi connectivity index (χ3v) is 6.73. The third kappa shape index (κ3) is 5.96. The van der Waals surface area contributed by atoms with E-state index in [-0.39, 0.29) is 30.8 Å². The van der Waals surface area contributed by atoms with Crippen LogP contribution in [0.5, 0.6) is 0 Å². The maximum absolute atomic E-state index is 12.5. The maximum atomic E-state index is 12.5. The van der Waals surface area contributed by atoms with E-state index >= 15 is 0 Å². The van der Waals surface area contributed by atoms with Crippen LogP contribution in [0.4, 0.5) is 13.6 Å². The summed E-state index contributed by atoms with van der Waals surface area (Å²) in [6.45, 7) is 0.647. The number of alkyl carbamates (subject to hydrolysis) is 1. The number of hydrogen-bond acceptors (Lipinski definition) is 4. The molecule has 0 spiro atoms. The highest BCUT2D eigenvalue weighted by Gasteiger charge is 2.33. The SMILES string of the molecule is O=C(CC1CC(CNC(=O)OCC2c3ccccc3-c3ccccc32)C1)NC(CC(F)F)C(=O)O. The molecule has 1 atom stereocenters. The molecule has 4 rings (SSSR count). The van der Waals surface area contributed by atoms with Crippen LogP contribution in [0, 0.1) is 11.8 Å². The minimum atomic E-state index is -2.81. The van der Waals surface area contributed by atoms with Crippen LogP contribution in [0.15, 0.2) is 48.5 Å². The van der Waals surface area contributed by atoms with E-state index in [1.807, 2.05) is 24.3 Å². The molecule has 0 saturated heterocycles. The van der Waals surface area contributed by atoms with Crippen LogP contribution in [0.1, 0.15) is 42.7 Å². The van der Waals surface area contributed by atoms with Gasteiger partial charge in [-0.2, -0.15) is 0 Å². The molecule has 2 aromatic carbocycles. The standard InChI is InChI=1S/C26H28F2N2O5/c27-23(28)12-22(25(32)33)30-24(31)11-15-9-16(10-15)13-29-26(34)35-14-21-19-7-3-1-5-17(19)18-6-2-4-8-20(18)21/h1-8,15-16,21-23H,9-14H2,(H,29,34)(H,30,31)(H,32,33). The van der Waals surface area contributed by atoms with Crippen molar-refractivity contribution >= 4 is 18.0 Å². The first-order valence-electron chi connectivity index (χ1n) is 11.7. The minimum Gasteiger partial charge on any atom is -0.480 e. The van der Waals surface area contributed by atoms with Crippen LogP contribution in [0.2, 0.25) is 0 Å². The number of carboxylic acid groups (broad SMARTS) is 1. The van der Waals surface area contributed by atoms with Crippen molar-refractivity contribution in [1.29, 1.82) is 0 Å². The zero-order valence-corrected chi connectivity index (χ0v) is 19.1. The second kappa shape index (κ2) is 10.8. The van der Waals surface area contributed by atoms with Gasteiger partial charge in [0.15, 0.2) is 0 Å². The van der Waals surface area contributed by atoms with Gasteiger partial charge in [-0.05, 0) is 46.9 Å². The van der Waals surface area contributed by atoms with E-state index in [0.29, 0.717) is 19.4 Å². The Hall–Kier alpha value is -3.49. The van der Waals surface area contributed by atoms with Gasteiger partial charge in [0.25, 0.3) is 0 Å². The number of benzene rings is 2. The molecular weight excluding hydrogens is 458 g/mol. The van der Waals surface area contributed by atoms with Gasteiger partial charge in [-0.15, -0.1) is 0 Å². The molecule has 2 aliphatic carbocycles. The molecule has 0 aromatic heterocycles. The van der Waals surface area contributed by atoms with E-state index in [1.165, 1.54) is 0 Å². The Labute approximate surface area is 201 Å². The average molecular weight is 487 g/mol. The molecule has 1 saturated carbocycles. The summed E-state index contributed by atoms with van der Waals surface area (Å²) in [5.41, 5.74) is 4.59. The van der Waals surface area contributed by atoms with Crippen LogP contribution >= 0.6 is 0 Å². The smallest absolute Gasteiger partial charge is 0.407 e. The molecule has 0 radical (unpaired) electrons. The van der Waals surface area contributed by atoms with Gasteiger partial charge >= 0.3 is 12.1 Å². The number of carboxylic acids is 1. The number of fused-ring (bicyclic) bond motifs is 3. The number of nitrogens with one attached hydrogen (secondary N) is 2. The predicted octanol–water partition coefficient (Wildman–Crippen LogP) is 4.17. The fourth-order valence-electron chi connectivity index (χ4n) is 5.00. The van der Waals surface area contributed by atoms with Crippen molar-refractivity contribution in [3.05, 3.63) is 59.7 Å². The van der Waals surface area contributed by atoms with E-state index in [1.54, 1.807) is 0 Å². The summed E-state index contributed by atoms with van der Waals surface area (Å²) in [5, 5.41) is 13.9. The van der Waals surface area contributed by atoms with Crippen molar-refractivity contribution < 1.29 is 33.0 Å². The summed E-state index contributed by atoms with van der Waals surface area (Å²) in [6, 6.07) is 14.6. The molecule has 2 aliphatic rings. The molecular formula is C26H28F2N2O5. The summed E-state index contributed by atoms with van der Waals surface area (Å²) in [7, 11) is 0. The number of aliphatic carboxylic acids is 1. The van der Waals surface area contributed by atoms with Gasteiger partial charge in [0.1, 0.15) is 12.6 Å². The van der Waals surface area contributed by atoms with Gasteiger partial charge in [-0.25, -0.2) is 18.4 Å². The Morgan fingerprint density at radius 1 is 0.971 bits per heavy atom. The number of carbonyl (C=O) groups excluding carboxylic acids is 2. The number of amides is 2. The van der Waals surface area contributed by atoms with E-state index < -0.39 is 36.9 Å². The first-order valence-corrected chi connectivity index (χ1v) is 11.7. The first kappa shape index (κ1) is 24.6. The van der Waals surface area contributed by atoms with Crippen molar-refractivity contribution in [3.8, 4) is 11.1 Å². The summed E-state index contributed by atoms with van der Waals surface area (Å²) in [6.07, 6.45) is -2.78. The number of halogens is 2. The first-order chi connectivity index (χ1) is 16.8. The van der Waals surface area contributed by atoms with Crippen LogP contribution in [-0.2, 0) is 14.3 Å². The van der Waals surface area contributed by atoms with Gasteiger partial charge in [0, 0.05) is 25.3 Å². The molecule has 1 unspecified atom stereocenters. The second-order valence-corrected chi connectivity index (χ2v) is 9.20. The zero-order chi connectivity index (χ0) is 24.9. The van der Waals surface area contributed by atoms with E-state index in [4.69, 9.17) is 9.84 Å². The van der Waals surface area contributed by atoms with Gasteiger partial charge in [-0.1, -0.05) is 48.5 Å². The zero-order valence-electron chi connectivity index (χ0n) is 19.1. The number of ether oxygens (including phenoxy) is 1. The van der Waals surface area contributed by atoms with Gasteiger partial charge in [0.2, 0.25) is 12.3 Å². The molecule has 0 heterocycles. The molecule has 9 heteroatoms. The summed E-state index contributed by atoms with van der Waals surface area (Å²) in [5.74, 6) is -1.82. The van der Waals surface area contributed by atoms with Gasteiger partial charge in [-0.3, -0.25) is 4.79 Å². The Morgan fingerprint density at radius 3 is 2.14 bits per heavy atom. The molecule has 186 valence electrons. The Balaban J connectivity index is 1.17. The highest BCUT2D eigenvalue weighted by atomic mass is 19.3. The lowest BCUT2D eigenvalue weighted by molar-refractivity contribution is -0.143. The molecule has 2 aromatic rings. The fraction of sp³-hybridized carbons (Fsp3) is 0.423. The minimum absolute atomic E-state index is 0.0144. The van der Waals surface area contributed by atoms with E-state index in [2.05, 4.69) is 34.9 Å². The van der Waals surface area contributed by atoms with Crippen LogP contribution in [-0.4, -0.2) is 48.7 Å². The summed E-state index contributed by atoms with van der Waals surface area (Å²) in [4.78, 5) is 35.3. The van der Waals surface area contributed by atoms with E-state index in [9.17, 15) is 23.2 Å². The lowest BCUT2D eigenvalue weighted by Gasteiger charge is -2.35. The lowest BCUT2D eigenvalue weighted by atomic mass is 9.73. The summed E-state index contributed by atoms with van der Waals surface area (Å²) >= 11 is 0. The quantitative estimate of drug-likeness (QED) is 0.468. The molecule has 1 fully saturated rings. The number of alkyl halides is 2. The molecule has 0 bridgehead atoms. The fourth-order valence-corrected chi connectivity index (χ4v) is 5.00. The van der Waals surface area contributed by atoms with E-state index in [0.717, 1.165) is 22.3 Å². The largest absolute Gasteiger partial charge is 0.480 e. The molecule has 7 nitrogen and oxygen atoms in total. The monoisotopic (exact) mass is 486 g/mol. The number of hydrogen-bond donors (Lipinski definition) is 3. The predicted molar refractivity (Wildman–Crippen MR) is 124 cm³/mol. The lowest BCUT2D eigenvalue weighted by Crippen LogP contribution is -2.44. The van der Waals surface area contributed by atoms with Crippen molar-refractivity contribution in [3.63, 3.8) is 0 Å². The number of rotatable bonds is 10. The van der Waals surface area contributed by atoms with Gasteiger partial charge in [0.05, 0.1) is 0 Å². The maximum Gasteiger partial charge on any atom is 0.407 e. The number of carbonyl (C=O) groups is 3. The van der Waals surface area contributed by atoms with Crippen LogP contribution in [0.25, 0.3) is 11.1 Å². The summed E-state index contributed by atoms with van der Waals surface area (Å²) < 4.78 is 30.4. The van der Waals surface area contributed by atoms with Gasteiger partial charge < -0.3 is 20.5 Å². The van der Waals surface area contributed by atoms with Crippen molar-refractivity contribution in [2.24, 2.45) is 11.8 Å². The molecule has 3 N–H and O–H groups in total. The molecule has 35 heavy (non-hydrogen) atoms. The normalized spacial score (nSPS) is 19.3. The molecule has 2 amide bonds. The van der Waals surface area contributed by atoms with Crippen molar-refractivity contribution in [1.82, 2.24) is 10.6 Å². The highest BCUT2D eigenvalue weighted by molar-refractivity contribution is 5.83. The Bertz CT molecular complexity index is 1040. The Morgan fingerprint density at radius 2 is 1.57 bits per heavy atom. The molecule has 0 aliphatic heterocycles.